The van der Waals surface area contributed by atoms with Gasteiger partial charge in [0.25, 0.3) is 5.91 Å². The lowest BCUT2D eigenvalue weighted by Gasteiger charge is -2.21. The highest BCUT2D eigenvalue weighted by Crippen LogP contribution is 2.29. The molecule has 1 aromatic carbocycles. The van der Waals surface area contributed by atoms with Crippen molar-refractivity contribution in [2.75, 3.05) is 0 Å². The molecule has 22 heavy (non-hydrogen) atoms. The predicted molar refractivity (Wildman–Crippen MR) is 86.2 cm³/mol. The summed E-state index contributed by atoms with van der Waals surface area (Å²) in [5.41, 5.74) is 0.766. The molecule has 2 heterocycles. The van der Waals surface area contributed by atoms with Crippen LogP contribution in [0.25, 0.3) is 0 Å². The fraction of sp³-hybridized carbons (Fsp3) is 0.133. The van der Waals surface area contributed by atoms with Crippen LogP contribution in [0.5, 0.6) is 0 Å². The second-order valence-electron chi connectivity index (χ2n) is 4.70. The number of guanidine groups is 1. The topological polar surface area (TPSA) is 70.6 Å². The Morgan fingerprint density at radius 1 is 1.32 bits per heavy atom. The molecule has 3 rings (SSSR count). The normalized spacial score (nSPS) is 17.6. The molecule has 0 saturated heterocycles. The quantitative estimate of drug-likeness (QED) is 0.887. The van der Waals surface area contributed by atoms with E-state index in [-0.39, 0.29) is 24.2 Å². The Kier molecular flexibility index (Phi) is 4.22. The third kappa shape index (κ3) is 3.18. The number of carbonyl (C=O) groups excluding carboxylic acids is 2. The number of nitrogens with one attached hydrogen (secondary N) is 2. The number of amides is 2. The monoisotopic (exact) mass is 333 g/mol. The van der Waals surface area contributed by atoms with Gasteiger partial charge in [-0.05, 0) is 23.1 Å². The fourth-order valence-corrected chi connectivity index (χ4v) is 3.04. The number of thiophene rings is 1. The molecule has 7 heteroatoms. The minimum absolute atomic E-state index is 0.152. The molecule has 0 radical (unpaired) electrons. The van der Waals surface area contributed by atoms with Crippen molar-refractivity contribution < 1.29 is 9.59 Å². The van der Waals surface area contributed by atoms with E-state index >= 15 is 0 Å². The second-order valence-corrected chi connectivity index (χ2v) is 6.05. The fourth-order valence-electron chi connectivity index (χ4n) is 2.16. The molecule has 0 saturated carbocycles. The molecule has 1 aromatic heterocycles. The van der Waals surface area contributed by atoms with E-state index in [1.807, 2.05) is 23.6 Å². The van der Waals surface area contributed by atoms with Crippen molar-refractivity contribution in [2.45, 2.75) is 12.5 Å². The van der Waals surface area contributed by atoms with Gasteiger partial charge in [-0.25, -0.2) is 4.99 Å². The lowest BCUT2D eigenvalue weighted by Crippen LogP contribution is -2.46. The number of halogens is 1. The predicted octanol–water partition coefficient (Wildman–Crippen LogP) is 2.75. The molecule has 5 nitrogen and oxygen atoms in total. The molecule has 1 aliphatic rings. The minimum Gasteiger partial charge on any atom is -0.296 e. The summed E-state index contributed by atoms with van der Waals surface area (Å²) in [6, 6.07) is 10.3. The van der Waals surface area contributed by atoms with Crippen LogP contribution in [0.2, 0.25) is 5.02 Å². The Labute approximate surface area is 136 Å². The van der Waals surface area contributed by atoms with E-state index in [1.165, 1.54) is 11.3 Å². The first kappa shape index (κ1) is 14.7. The Bertz CT molecular complexity index is 743. The number of carbonyl (C=O) groups is 2. The zero-order valence-electron chi connectivity index (χ0n) is 11.4. The van der Waals surface area contributed by atoms with Crippen molar-refractivity contribution >= 4 is 40.7 Å². The van der Waals surface area contributed by atoms with Gasteiger partial charge < -0.3 is 0 Å². The van der Waals surface area contributed by atoms with Crippen molar-refractivity contribution in [3.8, 4) is 0 Å². The van der Waals surface area contributed by atoms with Gasteiger partial charge in [-0.3, -0.25) is 20.2 Å². The molecule has 0 bridgehead atoms. The van der Waals surface area contributed by atoms with Crippen LogP contribution in [0.15, 0.2) is 46.8 Å². The zero-order valence-corrected chi connectivity index (χ0v) is 12.9. The highest BCUT2D eigenvalue weighted by atomic mass is 35.5. The lowest BCUT2D eigenvalue weighted by molar-refractivity contribution is -0.120. The highest BCUT2D eigenvalue weighted by molar-refractivity contribution is 7.12. The second kappa shape index (κ2) is 6.29. The van der Waals surface area contributed by atoms with Crippen LogP contribution in [0.3, 0.4) is 0 Å². The number of hydrogen-bond acceptors (Lipinski definition) is 4. The van der Waals surface area contributed by atoms with E-state index in [0.717, 1.165) is 5.56 Å². The van der Waals surface area contributed by atoms with E-state index in [0.29, 0.717) is 9.90 Å². The number of benzene rings is 1. The first-order valence-corrected chi connectivity index (χ1v) is 7.86. The van der Waals surface area contributed by atoms with Crippen LogP contribution in [-0.2, 0) is 4.79 Å². The standard InChI is InChI=1S/C15H12ClN3O2S/c16-10-5-2-1-4-9(10)11-8-13(20)18-15(17-11)19-14(21)12-6-3-7-22-12/h1-7,11H,8H2,(H2,17,18,19,20,21)/t11-/m1/s1. The third-order valence-corrected chi connectivity index (χ3v) is 4.38. The van der Waals surface area contributed by atoms with Crippen molar-refractivity contribution in [1.82, 2.24) is 10.6 Å². The van der Waals surface area contributed by atoms with Gasteiger partial charge in [-0.15, -0.1) is 11.3 Å². The van der Waals surface area contributed by atoms with Crippen LogP contribution in [0.1, 0.15) is 27.7 Å². The van der Waals surface area contributed by atoms with Crippen LogP contribution < -0.4 is 10.6 Å². The molecule has 0 spiro atoms. The highest BCUT2D eigenvalue weighted by Gasteiger charge is 2.25. The molecule has 2 N–H and O–H groups in total. The maximum atomic E-state index is 12.0. The molecule has 0 aliphatic carbocycles. The Morgan fingerprint density at radius 3 is 2.86 bits per heavy atom. The summed E-state index contributed by atoms with van der Waals surface area (Å²) in [4.78, 5) is 28.8. The van der Waals surface area contributed by atoms with Crippen molar-refractivity contribution in [3.63, 3.8) is 0 Å². The van der Waals surface area contributed by atoms with Gasteiger partial charge in [-0.2, -0.15) is 0 Å². The van der Waals surface area contributed by atoms with E-state index in [4.69, 9.17) is 11.6 Å². The molecule has 1 aliphatic heterocycles. The Balaban J connectivity index is 1.83. The van der Waals surface area contributed by atoms with Crippen molar-refractivity contribution in [1.29, 1.82) is 0 Å². The van der Waals surface area contributed by atoms with E-state index in [2.05, 4.69) is 15.6 Å². The average molecular weight is 334 g/mol. The molecule has 1 atom stereocenters. The van der Waals surface area contributed by atoms with Crippen molar-refractivity contribution in [2.24, 2.45) is 4.99 Å². The SMILES string of the molecule is O=C1C[C@H](c2ccccc2Cl)N=C(NC(=O)c2cccs2)N1. The van der Waals surface area contributed by atoms with Gasteiger partial charge in [0, 0.05) is 5.02 Å². The van der Waals surface area contributed by atoms with Gasteiger partial charge in [0.2, 0.25) is 11.9 Å². The van der Waals surface area contributed by atoms with Crippen LogP contribution in [0.4, 0.5) is 0 Å². The molecule has 112 valence electrons. The smallest absolute Gasteiger partial charge is 0.268 e. The van der Waals surface area contributed by atoms with Gasteiger partial charge in [-0.1, -0.05) is 35.9 Å². The van der Waals surface area contributed by atoms with Crippen LogP contribution in [-0.4, -0.2) is 17.8 Å². The molecular weight excluding hydrogens is 322 g/mol. The van der Waals surface area contributed by atoms with Crippen LogP contribution in [0, 0.1) is 0 Å². The molecular formula is C15H12ClN3O2S. The average Bonchev–Trinajstić information content (AvgIpc) is 3.01. The summed E-state index contributed by atoms with van der Waals surface area (Å²) in [5, 5.41) is 7.55. The minimum atomic E-state index is -0.402. The molecule has 2 amide bonds. The van der Waals surface area contributed by atoms with Gasteiger partial charge in [0.05, 0.1) is 17.3 Å². The summed E-state index contributed by atoms with van der Waals surface area (Å²) < 4.78 is 0. The number of rotatable bonds is 2. The largest absolute Gasteiger partial charge is 0.296 e. The summed E-state index contributed by atoms with van der Waals surface area (Å²) in [6.07, 6.45) is 0.197. The number of nitrogens with zero attached hydrogens (tertiary/aromatic N) is 1. The summed E-state index contributed by atoms with van der Waals surface area (Å²) >= 11 is 7.47. The number of aliphatic imine (C=N–C) groups is 1. The first-order chi connectivity index (χ1) is 10.6. The van der Waals surface area contributed by atoms with Gasteiger partial charge in [0.15, 0.2) is 0 Å². The van der Waals surface area contributed by atoms with Crippen LogP contribution >= 0.6 is 22.9 Å². The summed E-state index contributed by atoms with van der Waals surface area (Å²) in [5.74, 6) is -0.352. The van der Waals surface area contributed by atoms with Gasteiger partial charge in [0.1, 0.15) is 0 Å². The van der Waals surface area contributed by atoms with E-state index < -0.39 is 6.04 Å². The maximum Gasteiger partial charge on any atom is 0.268 e. The Morgan fingerprint density at radius 2 is 2.14 bits per heavy atom. The third-order valence-electron chi connectivity index (χ3n) is 3.16. The zero-order chi connectivity index (χ0) is 15.5. The summed E-state index contributed by atoms with van der Waals surface area (Å²) in [7, 11) is 0. The van der Waals surface area contributed by atoms with Gasteiger partial charge >= 0.3 is 0 Å². The number of hydrogen-bond donors (Lipinski definition) is 2. The molecule has 0 fully saturated rings. The lowest BCUT2D eigenvalue weighted by atomic mass is 10.0. The Hall–Kier alpha value is -2.18. The van der Waals surface area contributed by atoms with Crippen molar-refractivity contribution in [3.05, 3.63) is 57.2 Å². The summed E-state index contributed by atoms with van der Waals surface area (Å²) in [6.45, 7) is 0. The van der Waals surface area contributed by atoms with E-state index in [1.54, 1.807) is 18.2 Å². The molecule has 0 unspecified atom stereocenters. The maximum absolute atomic E-state index is 12.0. The first-order valence-electron chi connectivity index (χ1n) is 6.60. The molecule has 2 aromatic rings. The van der Waals surface area contributed by atoms with E-state index in [9.17, 15) is 9.59 Å².